The van der Waals surface area contributed by atoms with Crippen LogP contribution in [0.1, 0.15) is 55.4 Å². The Balaban J connectivity index is 0.000000224. The summed E-state index contributed by atoms with van der Waals surface area (Å²) >= 11 is 1.86. The van der Waals surface area contributed by atoms with Gasteiger partial charge in [0, 0.05) is 20.2 Å². The number of hydrogen-bond acceptors (Lipinski definition) is 1. The molecule has 23 heavy (non-hydrogen) atoms. The lowest BCUT2D eigenvalue weighted by Crippen LogP contribution is -1.93. The van der Waals surface area contributed by atoms with Gasteiger partial charge in [0.25, 0.3) is 0 Å². The van der Waals surface area contributed by atoms with Crippen LogP contribution in [0.4, 0.5) is 0 Å². The molecular formula is C22H32S. The van der Waals surface area contributed by atoms with Gasteiger partial charge in [0.15, 0.2) is 0 Å². The van der Waals surface area contributed by atoms with Crippen LogP contribution in [0, 0.1) is 10.8 Å². The summed E-state index contributed by atoms with van der Waals surface area (Å²) < 4.78 is 2.76. The first kappa shape index (κ1) is 19.7. The van der Waals surface area contributed by atoms with Gasteiger partial charge in [-0.05, 0) is 23.0 Å². The Labute approximate surface area is 146 Å². The van der Waals surface area contributed by atoms with Gasteiger partial charge in [0.2, 0.25) is 0 Å². The molecule has 126 valence electrons. The number of rotatable bonds is 0. The summed E-state index contributed by atoms with van der Waals surface area (Å²) in [6.07, 6.45) is 0. The molecule has 3 rings (SSSR count). The zero-order valence-electron chi connectivity index (χ0n) is 16.0. The lowest BCUT2D eigenvalue weighted by atomic mass is 10.0. The summed E-state index contributed by atoms with van der Waals surface area (Å²) in [6, 6.07) is 17.1. The van der Waals surface area contributed by atoms with Crippen LogP contribution in [0.25, 0.3) is 20.2 Å². The summed E-state index contributed by atoms with van der Waals surface area (Å²) in [5.74, 6) is 0. The van der Waals surface area contributed by atoms with Crippen molar-refractivity contribution in [2.45, 2.75) is 55.4 Å². The van der Waals surface area contributed by atoms with E-state index in [9.17, 15) is 0 Å². The molecule has 3 aromatic rings. The first-order chi connectivity index (χ1) is 10.4. The van der Waals surface area contributed by atoms with Gasteiger partial charge in [-0.15, -0.1) is 11.3 Å². The van der Waals surface area contributed by atoms with E-state index in [1.807, 2.05) is 11.3 Å². The smallest absolute Gasteiger partial charge is 0.0355 e. The maximum absolute atomic E-state index is 2.19. The van der Waals surface area contributed by atoms with E-state index in [0.29, 0.717) is 10.8 Å². The van der Waals surface area contributed by atoms with Crippen LogP contribution < -0.4 is 0 Å². The fourth-order valence-electron chi connectivity index (χ4n) is 1.67. The molecule has 1 aromatic heterocycles. The minimum absolute atomic E-state index is 0.500. The molecule has 0 N–H and O–H groups in total. The van der Waals surface area contributed by atoms with Crippen molar-refractivity contribution in [3.63, 3.8) is 0 Å². The predicted molar refractivity (Wildman–Crippen MR) is 110 cm³/mol. The third-order valence-corrected chi connectivity index (χ3v) is 3.44. The molecule has 0 fully saturated rings. The van der Waals surface area contributed by atoms with Gasteiger partial charge < -0.3 is 0 Å². The Morgan fingerprint density at radius 2 is 0.783 bits per heavy atom. The molecule has 0 nitrogen and oxygen atoms in total. The second-order valence-corrected chi connectivity index (χ2v) is 10.2. The van der Waals surface area contributed by atoms with Gasteiger partial charge in [-0.2, -0.15) is 0 Å². The van der Waals surface area contributed by atoms with Crippen LogP contribution in [-0.2, 0) is 0 Å². The minimum Gasteiger partial charge on any atom is -0.135 e. The molecular weight excluding hydrogens is 296 g/mol. The van der Waals surface area contributed by atoms with Crippen LogP contribution in [0.15, 0.2) is 48.5 Å². The zero-order valence-corrected chi connectivity index (χ0v) is 16.8. The lowest BCUT2D eigenvalue weighted by molar-refractivity contribution is 0.469. The molecule has 0 saturated heterocycles. The maximum atomic E-state index is 2.19. The molecule has 0 radical (unpaired) electrons. The van der Waals surface area contributed by atoms with Gasteiger partial charge in [0.05, 0.1) is 0 Å². The molecule has 0 saturated carbocycles. The van der Waals surface area contributed by atoms with Crippen molar-refractivity contribution in [2.75, 3.05) is 0 Å². The predicted octanol–water partition coefficient (Wildman–Crippen LogP) is 8.16. The lowest BCUT2D eigenvalue weighted by Gasteiger charge is -2.05. The standard InChI is InChI=1S/C12H8S.2C5H12/c1-3-7-11-9(5-1)10-6-2-4-8-12(10)13-11;2*1-5(2,3)4/h1-8H;2*1-4H3. The van der Waals surface area contributed by atoms with E-state index < -0.39 is 0 Å². The number of hydrogen-bond donors (Lipinski definition) is 0. The third kappa shape index (κ3) is 8.76. The van der Waals surface area contributed by atoms with Crippen molar-refractivity contribution in [3.05, 3.63) is 48.5 Å². The highest BCUT2D eigenvalue weighted by Crippen LogP contribution is 2.32. The highest BCUT2D eigenvalue weighted by atomic mass is 32.1. The van der Waals surface area contributed by atoms with Crippen molar-refractivity contribution in [1.82, 2.24) is 0 Å². The summed E-state index contributed by atoms with van der Waals surface area (Å²) in [6.45, 7) is 17.5. The topological polar surface area (TPSA) is 0 Å². The molecule has 0 spiro atoms. The fourth-order valence-corrected chi connectivity index (χ4v) is 2.78. The van der Waals surface area contributed by atoms with Crippen molar-refractivity contribution in [2.24, 2.45) is 10.8 Å². The van der Waals surface area contributed by atoms with Gasteiger partial charge in [-0.25, -0.2) is 0 Å². The minimum atomic E-state index is 0.500. The number of fused-ring (bicyclic) bond motifs is 3. The van der Waals surface area contributed by atoms with Gasteiger partial charge in [-0.1, -0.05) is 91.8 Å². The Morgan fingerprint density at radius 1 is 0.522 bits per heavy atom. The van der Waals surface area contributed by atoms with E-state index in [0.717, 1.165) is 0 Å². The molecule has 0 aliphatic carbocycles. The van der Waals surface area contributed by atoms with E-state index in [4.69, 9.17) is 0 Å². The molecule has 2 aromatic carbocycles. The van der Waals surface area contributed by atoms with E-state index in [1.165, 1.54) is 20.2 Å². The largest absolute Gasteiger partial charge is 0.135 e. The Kier molecular flexibility index (Phi) is 6.83. The van der Waals surface area contributed by atoms with E-state index in [1.54, 1.807) is 0 Å². The first-order valence-corrected chi connectivity index (χ1v) is 9.13. The van der Waals surface area contributed by atoms with Gasteiger partial charge >= 0.3 is 0 Å². The maximum Gasteiger partial charge on any atom is 0.0355 e. The Morgan fingerprint density at radius 3 is 1.09 bits per heavy atom. The highest BCUT2D eigenvalue weighted by molar-refractivity contribution is 7.25. The van der Waals surface area contributed by atoms with Crippen LogP contribution in [0.2, 0.25) is 0 Å². The number of thiophene rings is 1. The van der Waals surface area contributed by atoms with Crippen molar-refractivity contribution in [1.29, 1.82) is 0 Å². The number of benzene rings is 2. The molecule has 0 unspecified atom stereocenters. The average molecular weight is 329 g/mol. The highest BCUT2D eigenvalue weighted by Gasteiger charge is 2.01. The summed E-state index contributed by atoms with van der Waals surface area (Å²) in [5, 5.41) is 2.76. The average Bonchev–Trinajstić information content (AvgIpc) is 2.73. The first-order valence-electron chi connectivity index (χ1n) is 8.31. The summed E-state index contributed by atoms with van der Waals surface area (Å²) in [7, 11) is 0. The Hall–Kier alpha value is -1.34. The zero-order chi connectivity index (χ0) is 17.7. The molecule has 0 bridgehead atoms. The summed E-state index contributed by atoms with van der Waals surface area (Å²) in [4.78, 5) is 0. The third-order valence-electron chi connectivity index (χ3n) is 2.28. The Bertz CT molecular complexity index is 646. The molecule has 0 atom stereocenters. The fraction of sp³-hybridized carbons (Fsp3) is 0.455. The van der Waals surface area contributed by atoms with Crippen LogP contribution in [0.3, 0.4) is 0 Å². The van der Waals surface area contributed by atoms with Gasteiger partial charge in [0.1, 0.15) is 0 Å². The monoisotopic (exact) mass is 328 g/mol. The molecule has 0 aliphatic rings. The van der Waals surface area contributed by atoms with E-state index in [2.05, 4.69) is 104 Å². The SMILES string of the molecule is CC(C)(C)C.CC(C)(C)C.c1ccc2c(c1)sc1ccccc12. The normalized spacial score (nSPS) is 11.5. The van der Waals surface area contributed by atoms with Crippen LogP contribution in [0.5, 0.6) is 0 Å². The second-order valence-electron chi connectivity index (χ2n) is 9.09. The molecule has 0 aliphatic heterocycles. The van der Waals surface area contributed by atoms with E-state index in [-0.39, 0.29) is 0 Å². The quantitative estimate of drug-likeness (QED) is 0.390. The van der Waals surface area contributed by atoms with Crippen LogP contribution in [-0.4, -0.2) is 0 Å². The molecule has 0 amide bonds. The summed E-state index contributed by atoms with van der Waals surface area (Å²) in [5.41, 5.74) is 1.00. The second kappa shape index (κ2) is 7.97. The van der Waals surface area contributed by atoms with Crippen molar-refractivity contribution >= 4 is 31.5 Å². The van der Waals surface area contributed by atoms with Crippen molar-refractivity contribution < 1.29 is 0 Å². The van der Waals surface area contributed by atoms with Crippen molar-refractivity contribution in [3.8, 4) is 0 Å². The molecule has 1 heteroatoms. The van der Waals surface area contributed by atoms with Gasteiger partial charge in [-0.3, -0.25) is 0 Å². The molecule has 1 heterocycles. The van der Waals surface area contributed by atoms with Crippen LogP contribution >= 0.6 is 11.3 Å². The van der Waals surface area contributed by atoms with E-state index >= 15 is 0 Å².